The highest BCUT2D eigenvalue weighted by molar-refractivity contribution is 6.02. The fraction of sp³-hybridized carbons (Fsp3) is 0.500. The van der Waals surface area contributed by atoms with E-state index in [1.807, 2.05) is 6.92 Å². The molecule has 1 heterocycles. The Morgan fingerprint density at radius 3 is 3.00 bits per heavy atom. The van der Waals surface area contributed by atoms with Gasteiger partial charge < -0.3 is 20.5 Å². The van der Waals surface area contributed by atoms with Crippen LogP contribution in [0, 0.1) is 5.92 Å². The van der Waals surface area contributed by atoms with Crippen LogP contribution in [0.5, 0.6) is 5.75 Å². The van der Waals surface area contributed by atoms with E-state index < -0.39 is 0 Å². The Bertz CT molecular complexity index is 462. The smallest absolute Gasteiger partial charge is 0.259 e. The molecule has 0 aliphatic carbocycles. The van der Waals surface area contributed by atoms with E-state index in [0.717, 1.165) is 6.42 Å². The highest BCUT2D eigenvalue weighted by Gasteiger charge is 2.29. The van der Waals surface area contributed by atoms with Gasteiger partial charge in [-0.1, -0.05) is 6.07 Å². The molecule has 5 nitrogen and oxygen atoms in total. The number of nitrogens with zero attached hydrogens (tertiary/aromatic N) is 1. The van der Waals surface area contributed by atoms with Gasteiger partial charge in [0.05, 0.1) is 6.61 Å². The number of likely N-dealkylation sites (tertiary alicyclic amines) is 1. The van der Waals surface area contributed by atoms with Gasteiger partial charge in [-0.15, -0.1) is 0 Å². The van der Waals surface area contributed by atoms with Crippen molar-refractivity contribution in [2.24, 2.45) is 5.92 Å². The second kappa shape index (κ2) is 5.93. The number of carbonyl (C=O) groups is 1. The number of benzene rings is 1. The van der Waals surface area contributed by atoms with Crippen LogP contribution in [0.4, 0.5) is 5.69 Å². The molecule has 3 N–H and O–H groups in total. The largest absolute Gasteiger partial charge is 0.493 e. The molecule has 5 heteroatoms. The standard InChI is InChI=1S/C14H20N2O3/c1-2-19-12-5-3-4-11(15)13(12)14(18)16-7-6-10(8-16)9-17/h3-5,10,17H,2,6-9,15H2,1H3. The van der Waals surface area contributed by atoms with E-state index in [1.54, 1.807) is 23.1 Å². The van der Waals surface area contributed by atoms with E-state index >= 15 is 0 Å². The van der Waals surface area contributed by atoms with Gasteiger partial charge in [-0.3, -0.25) is 4.79 Å². The van der Waals surface area contributed by atoms with Gasteiger partial charge in [0.1, 0.15) is 11.3 Å². The van der Waals surface area contributed by atoms with Gasteiger partial charge in [-0.2, -0.15) is 0 Å². The Morgan fingerprint density at radius 2 is 2.37 bits per heavy atom. The lowest BCUT2D eigenvalue weighted by Crippen LogP contribution is -2.30. The van der Waals surface area contributed by atoms with Crippen LogP contribution in [0.3, 0.4) is 0 Å². The van der Waals surface area contributed by atoms with E-state index in [9.17, 15) is 4.79 Å². The fourth-order valence-corrected chi connectivity index (χ4v) is 2.38. The van der Waals surface area contributed by atoms with Crippen molar-refractivity contribution in [1.29, 1.82) is 0 Å². The number of nitrogen functional groups attached to an aromatic ring is 1. The van der Waals surface area contributed by atoms with Crippen LogP contribution < -0.4 is 10.5 Å². The predicted molar refractivity (Wildman–Crippen MR) is 73.1 cm³/mol. The molecular formula is C14H20N2O3. The van der Waals surface area contributed by atoms with Crippen LogP contribution in [-0.4, -0.2) is 42.2 Å². The minimum atomic E-state index is -0.113. The van der Waals surface area contributed by atoms with Gasteiger partial charge >= 0.3 is 0 Å². The summed E-state index contributed by atoms with van der Waals surface area (Å²) in [5.41, 5.74) is 6.78. The third kappa shape index (κ3) is 2.81. The summed E-state index contributed by atoms with van der Waals surface area (Å²) in [6, 6.07) is 5.24. The maximum atomic E-state index is 12.5. The number of rotatable bonds is 4. The molecule has 1 amide bonds. The number of carbonyl (C=O) groups excluding carboxylic acids is 1. The summed E-state index contributed by atoms with van der Waals surface area (Å²) in [5, 5.41) is 9.14. The first kappa shape index (κ1) is 13.7. The highest BCUT2D eigenvalue weighted by atomic mass is 16.5. The van der Waals surface area contributed by atoms with Crippen LogP contribution in [0.2, 0.25) is 0 Å². The quantitative estimate of drug-likeness (QED) is 0.799. The molecule has 0 saturated carbocycles. The van der Waals surface area contributed by atoms with E-state index in [4.69, 9.17) is 15.6 Å². The zero-order valence-electron chi connectivity index (χ0n) is 11.1. The lowest BCUT2D eigenvalue weighted by atomic mass is 10.1. The summed E-state index contributed by atoms with van der Waals surface area (Å²) in [4.78, 5) is 14.2. The average molecular weight is 264 g/mol. The first-order valence-corrected chi connectivity index (χ1v) is 6.58. The minimum Gasteiger partial charge on any atom is -0.493 e. The number of aliphatic hydroxyl groups is 1. The molecule has 2 rings (SSSR count). The second-order valence-corrected chi connectivity index (χ2v) is 4.74. The molecule has 1 aromatic carbocycles. The summed E-state index contributed by atoms with van der Waals surface area (Å²) in [5.74, 6) is 0.585. The molecule has 19 heavy (non-hydrogen) atoms. The zero-order valence-corrected chi connectivity index (χ0v) is 11.1. The van der Waals surface area contributed by atoms with Crippen LogP contribution in [-0.2, 0) is 0 Å². The predicted octanol–water partition coefficient (Wildman–Crippen LogP) is 1.12. The number of hydrogen-bond donors (Lipinski definition) is 2. The SMILES string of the molecule is CCOc1cccc(N)c1C(=O)N1CCC(CO)C1. The zero-order chi connectivity index (χ0) is 13.8. The monoisotopic (exact) mass is 264 g/mol. The molecule has 104 valence electrons. The van der Waals surface area contributed by atoms with E-state index in [2.05, 4.69) is 0 Å². The van der Waals surface area contributed by atoms with Gasteiger partial charge in [-0.05, 0) is 25.5 Å². The number of anilines is 1. The first-order chi connectivity index (χ1) is 9.17. The topological polar surface area (TPSA) is 75.8 Å². The summed E-state index contributed by atoms with van der Waals surface area (Å²) in [6.07, 6.45) is 0.832. The van der Waals surface area contributed by atoms with E-state index in [-0.39, 0.29) is 18.4 Å². The maximum Gasteiger partial charge on any atom is 0.259 e. The Kier molecular flexibility index (Phi) is 4.27. The molecule has 1 saturated heterocycles. The molecule has 1 atom stereocenters. The third-order valence-corrected chi connectivity index (χ3v) is 3.40. The van der Waals surface area contributed by atoms with Crippen molar-refractivity contribution in [3.8, 4) is 5.75 Å². The van der Waals surface area contributed by atoms with Crippen molar-refractivity contribution in [2.45, 2.75) is 13.3 Å². The molecule has 0 radical (unpaired) electrons. The third-order valence-electron chi connectivity index (χ3n) is 3.40. The Hall–Kier alpha value is -1.75. The molecule has 1 aromatic rings. The van der Waals surface area contributed by atoms with Gasteiger partial charge in [-0.25, -0.2) is 0 Å². The molecule has 1 aliphatic rings. The summed E-state index contributed by atoms with van der Waals surface area (Å²) < 4.78 is 5.47. The average Bonchev–Trinajstić information content (AvgIpc) is 2.87. The van der Waals surface area contributed by atoms with Gasteiger partial charge in [0, 0.05) is 31.3 Å². The van der Waals surface area contributed by atoms with Gasteiger partial charge in [0.25, 0.3) is 5.91 Å². The summed E-state index contributed by atoms with van der Waals surface area (Å²) in [6.45, 7) is 3.71. The van der Waals surface area contributed by atoms with Crippen LogP contribution in [0.15, 0.2) is 18.2 Å². The Balaban J connectivity index is 2.23. The van der Waals surface area contributed by atoms with E-state index in [1.165, 1.54) is 0 Å². The van der Waals surface area contributed by atoms with Crippen molar-refractivity contribution in [3.63, 3.8) is 0 Å². The Morgan fingerprint density at radius 1 is 1.58 bits per heavy atom. The van der Waals surface area contributed by atoms with Crippen molar-refractivity contribution in [2.75, 3.05) is 32.0 Å². The Labute approximate surface area is 113 Å². The van der Waals surface area contributed by atoms with Crippen molar-refractivity contribution >= 4 is 11.6 Å². The van der Waals surface area contributed by atoms with Crippen LogP contribution >= 0.6 is 0 Å². The normalized spacial score (nSPS) is 18.6. The molecule has 0 aromatic heterocycles. The molecular weight excluding hydrogens is 244 g/mol. The number of nitrogens with two attached hydrogens (primary N) is 1. The van der Waals surface area contributed by atoms with Crippen molar-refractivity contribution < 1.29 is 14.6 Å². The lowest BCUT2D eigenvalue weighted by molar-refractivity contribution is 0.0779. The number of hydrogen-bond acceptors (Lipinski definition) is 4. The molecule has 0 bridgehead atoms. The fourth-order valence-electron chi connectivity index (χ4n) is 2.38. The molecule has 0 spiro atoms. The summed E-state index contributed by atoms with van der Waals surface area (Å²) >= 11 is 0. The molecule has 1 aliphatic heterocycles. The van der Waals surface area contributed by atoms with E-state index in [0.29, 0.717) is 36.7 Å². The minimum absolute atomic E-state index is 0.113. The first-order valence-electron chi connectivity index (χ1n) is 6.58. The van der Waals surface area contributed by atoms with Crippen molar-refractivity contribution in [3.05, 3.63) is 23.8 Å². The van der Waals surface area contributed by atoms with Crippen LogP contribution in [0.25, 0.3) is 0 Å². The highest BCUT2D eigenvalue weighted by Crippen LogP contribution is 2.28. The van der Waals surface area contributed by atoms with Gasteiger partial charge in [0.2, 0.25) is 0 Å². The number of aliphatic hydroxyl groups excluding tert-OH is 1. The summed E-state index contributed by atoms with van der Waals surface area (Å²) in [7, 11) is 0. The molecule has 1 unspecified atom stereocenters. The maximum absolute atomic E-state index is 12.5. The second-order valence-electron chi connectivity index (χ2n) is 4.74. The molecule has 1 fully saturated rings. The number of ether oxygens (including phenoxy) is 1. The van der Waals surface area contributed by atoms with Gasteiger partial charge in [0.15, 0.2) is 0 Å². The lowest BCUT2D eigenvalue weighted by Gasteiger charge is -2.19. The van der Waals surface area contributed by atoms with Crippen molar-refractivity contribution in [1.82, 2.24) is 4.90 Å². The number of amides is 1. The van der Waals surface area contributed by atoms with Crippen LogP contribution in [0.1, 0.15) is 23.7 Å².